The van der Waals surface area contributed by atoms with Crippen LogP contribution in [0.5, 0.6) is 0 Å². The molecule has 4 fully saturated rings. The Morgan fingerprint density at radius 3 is 2.46 bits per heavy atom. The van der Waals surface area contributed by atoms with Crippen LogP contribution in [0.2, 0.25) is 0 Å². The van der Waals surface area contributed by atoms with E-state index in [1.54, 1.807) is 11.1 Å². The fraction of sp³-hybridized carbons (Fsp3) is 0.743. The van der Waals surface area contributed by atoms with Crippen LogP contribution in [0, 0.1) is 34.5 Å². The first-order valence-electron chi connectivity index (χ1n) is 16.1. The Bertz CT molecular complexity index is 1150. The molecule has 6 atom stereocenters. The van der Waals surface area contributed by atoms with E-state index in [0.717, 1.165) is 57.3 Å². The maximum Gasteiger partial charge on any atom is 0.407 e. The maximum absolute atomic E-state index is 14.4. The number of halogens is 1. The van der Waals surface area contributed by atoms with E-state index in [1.165, 1.54) is 18.4 Å². The maximum atomic E-state index is 14.4. The molecule has 3 saturated carbocycles. The molecular weight excluding hydrogens is 517 g/mol. The Morgan fingerprint density at radius 2 is 1.78 bits per heavy atom. The molecule has 1 aromatic rings. The van der Waals surface area contributed by atoms with Gasteiger partial charge in [0.25, 0.3) is 0 Å². The highest BCUT2D eigenvalue weighted by Gasteiger charge is 2.58. The zero-order valence-electron chi connectivity index (χ0n) is 25.8. The van der Waals surface area contributed by atoms with Crippen LogP contribution in [-0.4, -0.2) is 37.8 Å². The highest BCUT2D eigenvalue weighted by molar-refractivity contribution is 5.67. The summed E-state index contributed by atoms with van der Waals surface area (Å²) in [5.41, 5.74) is 5.76. The van der Waals surface area contributed by atoms with Gasteiger partial charge in [0.15, 0.2) is 5.79 Å². The zero-order valence-corrected chi connectivity index (χ0v) is 25.8. The van der Waals surface area contributed by atoms with Crippen LogP contribution >= 0.6 is 0 Å². The summed E-state index contributed by atoms with van der Waals surface area (Å²) in [6, 6.07) is 8.73. The summed E-state index contributed by atoms with van der Waals surface area (Å²) < 4.78 is 32.8. The lowest BCUT2D eigenvalue weighted by atomic mass is 9.51. The van der Waals surface area contributed by atoms with E-state index in [4.69, 9.17) is 14.2 Å². The van der Waals surface area contributed by atoms with Gasteiger partial charge < -0.3 is 19.5 Å². The van der Waals surface area contributed by atoms with E-state index in [2.05, 4.69) is 50.4 Å². The first-order valence-corrected chi connectivity index (χ1v) is 16.1. The second kappa shape index (κ2) is 11.0. The van der Waals surface area contributed by atoms with Crippen molar-refractivity contribution >= 4 is 6.09 Å². The lowest BCUT2D eigenvalue weighted by Gasteiger charge is -2.55. The minimum absolute atomic E-state index is 0.0365. The third kappa shape index (κ3) is 5.48. The van der Waals surface area contributed by atoms with Gasteiger partial charge in [0.05, 0.1) is 19.9 Å². The number of carbonyl (C=O) groups is 1. The lowest BCUT2D eigenvalue weighted by molar-refractivity contribution is -0.312. The number of ether oxygens (including phenoxy) is 3. The predicted octanol–water partition coefficient (Wildman–Crippen LogP) is 8.09. The molecule has 6 unspecified atom stereocenters. The standard InChI is InChI=1S/C35H50FNO4/c1-22(2)37-32(38)39-19-23-6-8-24(9-7-23)29-17-34(5)26(18-36)11-13-30(34)28-12-10-25-16-35(15-14-27(25)31(28)29)40-20-33(3,4)21-41-35/h6-9,22,25-26,28-30H,10-21H2,1-5H3,(H,37,38). The number of hydrogen-bond acceptors (Lipinski definition) is 4. The molecule has 6 heteroatoms. The summed E-state index contributed by atoms with van der Waals surface area (Å²) in [5.74, 6) is 1.68. The van der Waals surface area contributed by atoms with Gasteiger partial charge in [-0.3, -0.25) is 4.39 Å². The summed E-state index contributed by atoms with van der Waals surface area (Å²) in [6.45, 7) is 12.2. The summed E-state index contributed by atoms with van der Waals surface area (Å²) in [7, 11) is 0. The van der Waals surface area contributed by atoms with Crippen molar-refractivity contribution in [3.63, 3.8) is 0 Å². The Labute approximate surface area is 246 Å². The Morgan fingerprint density at radius 1 is 1.05 bits per heavy atom. The van der Waals surface area contributed by atoms with E-state index in [1.807, 2.05) is 13.8 Å². The van der Waals surface area contributed by atoms with Crippen LogP contribution in [0.1, 0.15) is 103 Å². The minimum atomic E-state index is -0.425. The number of rotatable bonds is 5. The first-order chi connectivity index (χ1) is 19.5. The lowest BCUT2D eigenvalue weighted by Crippen LogP contribution is -2.52. The molecule has 4 aliphatic carbocycles. The largest absolute Gasteiger partial charge is 0.445 e. The van der Waals surface area contributed by atoms with Crippen LogP contribution in [0.4, 0.5) is 9.18 Å². The highest BCUT2D eigenvalue weighted by atomic mass is 19.1. The number of alkyl halides is 1. The summed E-state index contributed by atoms with van der Waals surface area (Å²) in [4.78, 5) is 12.0. The van der Waals surface area contributed by atoms with E-state index in [-0.39, 0.29) is 42.2 Å². The summed E-state index contributed by atoms with van der Waals surface area (Å²) in [5, 5.41) is 2.78. The number of amides is 1. The molecule has 226 valence electrons. The van der Waals surface area contributed by atoms with Gasteiger partial charge in [0.2, 0.25) is 0 Å². The van der Waals surface area contributed by atoms with Crippen molar-refractivity contribution in [1.82, 2.24) is 5.32 Å². The van der Waals surface area contributed by atoms with Gasteiger partial charge >= 0.3 is 6.09 Å². The molecule has 5 aliphatic rings. The van der Waals surface area contributed by atoms with Crippen molar-refractivity contribution < 1.29 is 23.4 Å². The van der Waals surface area contributed by atoms with Gasteiger partial charge in [-0.15, -0.1) is 0 Å². The SMILES string of the molecule is CC(C)NC(=O)OCc1ccc(C2CC3(C)C(CF)CCC3C3CCC4CC5(CCC4=C23)OCC(C)(C)CO5)cc1. The number of alkyl carbamates (subject to hydrolysis) is 1. The van der Waals surface area contributed by atoms with Crippen molar-refractivity contribution in [2.24, 2.45) is 34.5 Å². The second-order valence-corrected chi connectivity index (χ2v) is 15.1. The topological polar surface area (TPSA) is 56.8 Å². The number of carbonyl (C=O) groups excluding carboxylic acids is 1. The molecule has 0 radical (unpaired) electrons. The van der Waals surface area contributed by atoms with Crippen molar-refractivity contribution in [2.75, 3.05) is 19.9 Å². The van der Waals surface area contributed by atoms with Gasteiger partial charge in [-0.25, -0.2) is 4.79 Å². The number of allylic oxidation sites excluding steroid dienone is 2. The van der Waals surface area contributed by atoms with Crippen molar-refractivity contribution in [3.8, 4) is 0 Å². The number of fused-ring (bicyclic) bond motifs is 4. The van der Waals surface area contributed by atoms with Crippen LogP contribution in [0.15, 0.2) is 35.4 Å². The highest BCUT2D eigenvalue weighted by Crippen LogP contribution is 2.66. The number of benzene rings is 1. The van der Waals surface area contributed by atoms with Gasteiger partial charge in [-0.05, 0) is 92.6 Å². The third-order valence-electron chi connectivity index (χ3n) is 11.3. The molecule has 1 N–H and O–H groups in total. The number of hydrogen-bond donors (Lipinski definition) is 1. The molecule has 41 heavy (non-hydrogen) atoms. The van der Waals surface area contributed by atoms with Crippen LogP contribution in [0.25, 0.3) is 0 Å². The molecule has 1 spiro atoms. The van der Waals surface area contributed by atoms with E-state index in [0.29, 0.717) is 23.7 Å². The second-order valence-electron chi connectivity index (χ2n) is 15.1. The molecule has 1 aromatic carbocycles. The molecule has 6 rings (SSSR count). The molecular formula is C35H50FNO4. The average molecular weight is 568 g/mol. The molecule has 1 heterocycles. The van der Waals surface area contributed by atoms with Gasteiger partial charge in [0, 0.05) is 30.2 Å². The normalized spacial score (nSPS) is 35.5. The van der Waals surface area contributed by atoms with Crippen LogP contribution in [0.3, 0.4) is 0 Å². The molecule has 1 aliphatic heterocycles. The van der Waals surface area contributed by atoms with Crippen molar-refractivity contribution in [2.45, 2.75) is 110 Å². The molecule has 0 aromatic heterocycles. The average Bonchev–Trinajstić information content (AvgIpc) is 3.29. The molecule has 5 nitrogen and oxygen atoms in total. The van der Waals surface area contributed by atoms with Crippen LogP contribution < -0.4 is 5.32 Å². The Kier molecular flexibility index (Phi) is 7.80. The summed E-state index contributed by atoms with van der Waals surface area (Å²) >= 11 is 0. The van der Waals surface area contributed by atoms with E-state index in [9.17, 15) is 9.18 Å². The predicted molar refractivity (Wildman–Crippen MR) is 158 cm³/mol. The van der Waals surface area contributed by atoms with Crippen LogP contribution in [-0.2, 0) is 20.8 Å². The monoisotopic (exact) mass is 567 g/mol. The summed E-state index contributed by atoms with van der Waals surface area (Å²) in [6.07, 6.45) is 8.13. The quantitative estimate of drug-likeness (QED) is 0.366. The van der Waals surface area contributed by atoms with Crippen molar-refractivity contribution in [1.29, 1.82) is 0 Å². The number of nitrogens with one attached hydrogen (secondary N) is 1. The third-order valence-corrected chi connectivity index (χ3v) is 11.3. The smallest absolute Gasteiger partial charge is 0.407 e. The van der Waals surface area contributed by atoms with Crippen molar-refractivity contribution in [3.05, 3.63) is 46.5 Å². The zero-order chi connectivity index (χ0) is 29.0. The van der Waals surface area contributed by atoms with Gasteiger partial charge in [-0.1, -0.05) is 56.2 Å². The van der Waals surface area contributed by atoms with E-state index >= 15 is 0 Å². The molecule has 1 saturated heterocycles. The van der Waals surface area contributed by atoms with E-state index < -0.39 is 5.79 Å². The Balaban J connectivity index is 1.29. The molecule has 0 bridgehead atoms. The molecule has 1 amide bonds. The van der Waals surface area contributed by atoms with Gasteiger partial charge in [0.1, 0.15) is 6.61 Å². The minimum Gasteiger partial charge on any atom is -0.445 e. The fourth-order valence-corrected chi connectivity index (χ4v) is 9.15. The fourth-order valence-electron chi connectivity index (χ4n) is 9.15. The first kappa shape index (κ1) is 29.2. The van der Waals surface area contributed by atoms with Gasteiger partial charge in [-0.2, -0.15) is 0 Å². The Hall–Kier alpha value is -1.92.